The molecule has 3 heteroatoms. The second-order valence-corrected chi connectivity index (χ2v) is 4.71. The van der Waals surface area contributed by atoms with Crippen LogP contribution in [0.15, 0.2) is 54.6 Å². The summed E-state index contributed by atoms with van der Waals surface area (Å²) >= 11 is 0. The summed E-state index contributed by atoms with van der Waals surface area (Å²) in [4.78, 5) is 14.4. The van der Waals surface area contributed by atoms with E-state index in [1.807, 2.05) is 66.4 Å². The predicted octanol–water partition coefficient (Wildman–Crippen LogP) is 2.81. The summed E-state index contributed by atoms with van der Waals surface area (Å²) in [6.07, 6.45) is 0. The Bertz CT molecular complexity index is 566. The van der Waals surface area contributed by atoms with Gasteiger partial charge in [-0.05, 0) is 30.2 Å². The summed E-state index contributed by atoms with van der Waals surface area (Å²) in [7, 11) is 0. The van der Waals surface area contributed by atoms with Crippen molar-refractivity contribution in [3.05, 3.63) is 71.3 Å². The summed E-state index contributed by atoms with van der Waals surface area (Å²) in [6, 6.07) is 17.6. The van der Waals surface area contributed by atoms with Crippen molar-refractivity contribution < 1.29 is 4.79 Å². The summed E-state index contributed by atoms with van der Waals surface area (Å²) in [5, 5.41) is 0. The smallest absolute Gasteiger partial charge is 0.254 e. The van der Waals surface area contributed by atoms with Gasteiger partial charge in [-0.2, -0.15) is 0 Å². The van der Waals surface area contributed by atoms with Crippen LogP contribution in [0.4, 0.5) is 0 Å². The molecule has 0 aliphatic carbocycles. The highest BCUT2D eigenvalue weighted by Gasteiger charge is 2.14. The Morgan fingerprint density at radius 3 is 2.40 bits per heavy atom. The summed E-state index contributed by atoms with van der Waals surface area (Å²) in [5.41, 5.74) is 8.44. The van der Waals surface area contributed by atoms with Crippen LogP contribution in [-0.2, 0) is 13.1 Å². The van der Waals surface area contributed by atoms with Crippen LogP contribution in [0.25, 0.3) is 0 Å². The van der Waals surface area contributed by atoms with Crippen LogP contribution in [0.1, 0.15) is 28.4 Å². The lowest BCUT2D eigenvalue weighted by Gasteiger charge is -2.21. The van der Waals surface area contributed by atoms with Crippen molar-refractivity contribution in [2.24, 2.45) is 5.73 Å². The van der Waals surface area contributed by atoms with Crippen molar-refractivity contribution in [1.82, 2.24) is 4.90 Å². The van der Waals surface area contributed by atoms with Gasteiger partial charge in [-0.25, -0.2) is 0 Å². The second kappa shape index (κ2) is 6.87. The van der Waals surface area contributed by atoms with Crippen LogP contribution in [0.2, 0.25) is 0 Å². The molecule has 0 spiro atoms. The lowest BCUT2D eigenvalue weighted by atomic mass is 10.1. The molecule has 0 aromatic heterocycles. The van der Waals surface area contributed by atoms with Gasteiger partial charge in [0.05, 0.1) is 0 Å². The van der Waals surface area contributed by atoms with E-state index in [2.05, 4.69) is 0 Å². The first-order valence-electron chi connectivity index (χ1n) is 6.86. The Morgan fingerprint density at radius 2 is 1.75 bits per heavy atom. The minimum Gasteiger partial charge on any atom is -0.335 e. The van der Waals surface area contributed by atoms with Gasteiger partial charge >= 0.3 is 0 Å². The zero-order chi connectivity index (χ0) is 14.4. The third-order valence-electron chi connectivity index (χ3n) is 3.29. The number of hydrogen-bond acceptors (Lipinski definition) is 2. The summed E-state index contributed by atoms with van der Waals surface area (Å²) in [6.45, 7) is 3.75. The van der Waals surface area contributed by atoms with Crippen LogP contribution < -0.4 is 5.73 Å². The average Bonchev–Trinajstić information content (AvgIpc) is 2.53. The Kier molecular flexibility index (Phi) is 4.91. The molecule has 0 bridgehead atoms. The molecule has 2 N–H and O–H groups in total. The van der Waals surface area contributed by atoms with Crippen LogP contribution in [-0.4, -0.2) is 17.4 Å². The quantitative estimate of drug-likeness (QED) is 0.906. The lowest BCUT2D eigenvalue weighted by Crippen LogP contribution is -2.30. The Hall–Kier alpha value is -2.13. The fraction of sp³-hybridized carbons (Fsp3) is 0.235. The van der Waals surface area contributed by atoms with Crippen molar-refractivity contribution in [3.63, 3.8) is 0 Å². The van der Waals surface area contributed by atoms with Gasteiger partial charge in [0, 0.05) is 25.2 Å². The molecule has 1 amide bonds. The predicted molar refractivity (Wildman–Crippen MR) is 81.2 cm³/mol. The molecule has 104 valence electrons. The SMILES string of the molecule is CCN(Cc1ccccc1)C(=O)c1cccc(CN)c1. The van der Waals surface area contributed by atoms with Gasteiger partial charge in [0.15, 0.2) is 0 Å². The van der Waals surface area contributed by atoms with Crippen molar-refractivity contribution in [2.75, 3.05) is 6.54 Å². The highest BCUT2D eigenvalue weighted by Crippen LogP contribution is 2.11. The van der Waals surface area contributed by atoms with E-state index in [1.165, 1.54) is 0 Å². The molecule has 0 saturated carbocycles. The zero-order valence-electron chi connectivity index (χ0n) is 11.8. The van der Waals surface area contributed by atoms with E-state index in [4.69, 9.17) is 5.73 Å². The van der Waals surface area contributed by atoms with E-state index in [-0.39, 0.29) is 5.91 Å². The molecule has 0 fully saturated rings. The van der Waals surface area contributed by atoms with Gasteiger partial charge in [-0.1, -0.05) is 42.5 Å². The van der Waals surface area contributed by atoms with Crippen LogP contribution in [0.3, 0.4) is 0 Å². The van der Waals surface area contributed by atoms with Crippen LogP contribution >= 0.6 is 0 Å². The fourth-order valence-electron chi connectivity index (χ4n) is 2.14. The van der Waals surface area contributed by atoms with E-state index in [9.17, 15) is 4.79 Å². The first-order chi connectivity index (χ1) is 9.74. The summed E-state index contributed by atoms with van der Waals surface area (Å²) < 4.78 is 0. The van der Waals surface area contributed by atoms with E-state index >= 15 is 0 Å². The highest BCUT2D eigenvalue weighted by molar-refractivity contribution is 5.94. The molecule has 0 saturated heterocycles. The number of carbonyl (C=O) groups is 1. The van der Waals surface area contributed by atoms with Crippen molar-refractivity contribution in [1.29, 1.82) is 0 Å². The minimum absolute atomic E-state index is 0.0478. The van der Waals surface area contributed by atoms with E-state index in [1.54, 1.807) is 0 Å². The number of amides is 1. The van der Waals surface area contributed by atoms with Crippen molar-refractivity contribution in [2.45, 2.75) is 20.0 Å². The monoisotopic (exact) mass is 268 g/mol. The van der Waals surface area contributed by atoms with Gasteiger partial charge in [-0.3, -0.25) is 4.79 Å². The van der Waals surface area contributed by atoms with Crippen molar-refractivity contribution >= 4 is 5.91 Å². The molecule has 0 radical (unpaired) electrons. The van der Waals surface area contributed by atoms with E-state index in [0.717, 1.165) is 11.1 Å². The molecule has 0 unspecified atom stereocenters. The Labute approximate surface area is 120 Å². The van der Waals surface area contributed by atoms with Gasteiger partial charge in [0.2, 0.25) is 0 Å². The van der Waals surface area contributed by atoms with Gasteiger partial charge in [-0.15, -0.1) is 0 Å². The molecule has 2 aromatic carbocycles. The van der Waals surface area contributed by atoms with Gasteiger partial charge in [0.1, 0.15) is 0 Å². The number of carbonyl (C=O) groups excluding carboxylic acids is 1. The third kappa shape index (κ3) is 3.45. The largest absolute Gasteiger partial charge is 0.335 e. The molecule has 3 nitrogen and oxygen atoms in total. The van der Waals surface area contributed by atoms with E-state index in [0.29, 0.717) is 25.2 Å². The maximum atomic E-state index is 12.5. The minimum atomic E-state index is 0.0478. The molecule has 2 aromatic rings. The Morgan fingerprint density at radius 1 is 1.05 bits per heavy atom. The zero-order valence-corrected chi connectivity index (χ0v) is 11.8. The Balaban J connectivity index is 2.16. The molecule has 2 rings (SSSR count). The molecule has 20 heavy (non-hydrogen) atoms. The molecule has 0 atom stereocenters. The number of rotatable bonds is 5. The molecular weight excluding hydrogens is 248 g/mol. The first-order valence-corrected chi connectivity index (χ1v) is 6.86. The fourth-order valence-corrected chi connectivity index (χ4v) is 2.14. The average molecular weight is 268 g/mol. The number of nitrogens with zero attached hydrogens (tertiary/aromatic N) is 1. The first kappa shape index (κ1) is 14.3. The standard InChI is InChI=1S/C17H20N2O/c1-2-19(13-14-7-4-3-5-8-14)17(20)16-10-6-9-15(11-16)12-18/h3-11H,2,12-13,18H2,1H3. The van der Waals surface area contributed by atoms with Crippen LogP contribution in [0.5, 0.6) is 0 Å². The molecule has 0 aliphatic heterocycles. The number of nitrogens with two attached hydrogens (primary N) is 1. The highest BCUT2D eigenvalue weighted by atomic mass is 16.2. The molecule has 0 aliphatic rings. The maximum absolute atomic E-state index is 12.5. The number of benzene rings is 2. The normalized spacial score (nSPS) is 10.3. The lowest BCUT2D eigenvalue weighted by molar-refractivity contribution is 0.0752. The second-order valence-electron chi connectivity index (χ2n) is 4.71. The number of hydrogen-bond donors (Lipinski definition) is 1. The van der Waals surface area contributed by atoms with Gasteiger partial charge in [0.25, 0.3) is 5.91 Å². The topological polar surface area (TPSA) is 46.3 Å². The third-order valence-corrected chi connectivity index (χ3v) is 3.29. The van der Waals surface area contributed by atoms with Crippen molar-refractivity contribution in [3.8, 4) is 0 Å². The van der Waals surface area contributed by atoms with Gasteiger partial charge < -0.3 is 10.6 Å². The van der Waals surface area contributed by atoms with E-state index < -0.39 is 0 Å². The molecular formula is C17H20N2O. The molecule has 0 heterocycles. The maximum Gasteiger partial charge on any atom is 0.254 e. The van der Waals surface area contributed by atoms with Crippen LogP contribution in [0, 0.1) is 0 Å². The summed E-state index contributed by atoms with van der Waals surface area (Å²) in [5.74, 6) is 0.0478.